The van der Waals surface area contributed by atoms with Crippen molar-refractivity contribution in [1.29, 1.82) is 5.26 Å². The molecule has 0 bridgehead atoms. The maximum Gasteiger partial charge on any atom is 0.155 e. The van der Waals surface area contributed by atoms with Crippen LogP contribution in [0.15, 0.2) is 28.9 Å². The quantitative estimate of drug-likeness (QED) is 0.803. The number of hydrogen-bond donors (Lipinski definition) is 0. The van der Waals surface area contributed by atoms with Crippen LogP contribution in [0.5, 0.6) is 0 Å². The molecule has 0 aromatic carbocycles. The van der Waals surface area contributed by atoms with E-state index in [9.17, 15) is 0 Å². The van der Waals surface area contributed by atoms with E-state index in [1.807, 2.05) is 12.1 Å². The van der Waals surface area contributed by atoms with Gasteiger partial charge in [-0.1, -0.05) is 5.16 Å². The smallest absolute Gasteiger partial charge is 0.155 e. The highest BCUT2D eigenvalue weighted by atomic mass is 16.5. The van der Waals surface area contributed by atoms with Gasteiger partial charge < -0.3 is 4.52 Å². The summed E-state index contributed by atoms with van der Waals surface area (Å²) in [5, 5.41) is 17.5. The second-order valence-electron chi connectivity index (χ2n) is 4.19. The zero-order valence-corrected chi connectivity index (χ0v) is 9.71. The molecule has 1 saturated heterocycles. The van der Waals surface area contributed by atoms with Gasteiger partial charge in [0.05, 0.1) is 6.04 Å². The molecule has 89 valence electrons. The lowest BCUT2D eigenvalue weighted by Crippen LogP contribution is -2.03. The fraction of sp³-hybridized carbons (Fsp3) is 0.308. The van der Waals surface area contributed by atoms with Gasteiger partial charge in [0.2, 0.25) is 0 Å². The average molecular weight is 239 g/mol. The van der Waals surface area contributed by atoms with Crippen LogP contribution in [-0.4, -0.2) is 16.7 Å². The number of rotatable bonds is 2. The Morgan fingerprint density at radius 3 is 3.17 bits per heavy atom. The van der Waals surface area contributed by atoms with Crippen molar-refractivity contribution >= 4 is 0 Å². The van der Waals surface area contributed by atoms with Gasteiger partial charge in [-0.15, -0.1) is 0 Å². The van der Waals surface area contributed by atoms with Gasteiger partial charge in [-0.3, -0.25) is 0 Å². The summed E-state index contributed by atoms with van der Waals surface area (Å²) >= 11 is 0. The molecule has 2 aromatic rings. The van der Waals surface area contributed by atoms with Crippen molar-refractivity contribution in [2.45, 2.75) is 18.9 Å². The van der Waals surface area contributed by atoms with Gasteiger partial charge in [0.25, 0.3) is 0 Å². The van der Waals surface area contributed by atoms with Crippen molar-refractivity contribution in [3.8, 4) is 17.3 Å². The normalized spacial score (nSPS) is 18.7. The van der Waals surface area contributed by atoms with E-state index in [-0.39, 0.29) is 6.04 Å². The lowest BCUT2D eigenvalue weighted by atomic mass is 10.1. The van der Waals surface area contributed by atoms with Gasteiger partial charge in [-0.05, 0) is 25.0 Å². The SMILES string of the molecule is N#Cc1ncccc1-c1cc(C2CCC[N]2)on1. The standard InChI is InChI=1S/C13H11N4O/c14-8-12-9(3-1-5-16-12)11-7-13(18-17-11)10-4-2-6-15-10/h1,3,5,7,10H,2,4,6H2. The third-order valence-electron chi connectivity index (χ3n) is 3.03. The van der Waals surface area contributed by atoms with Gasteiger partial charge in [-0.25, -0.2) is 10.3 Å². The van der Waals surface area contributed by atoms with Crippen molar-refractivity contribution < 1.29 is 4.52 Å². The zero-order chi connectivity index (χ0) is 12.4. The molecule has 0 aliphatic carbocycles. The number of hydrogen-bond acceptors (Lipinski definition) is 4. The van der Waals surface area contributed by atoms with Crippen molar-refractivity contribution in [2.24, 2.45) is 0 Å². The second kappa shape index (κ2) is 4.59. The molecule has 1 aliphatic heterocycles. The van der Waals surface area contributed by atoms with Crippen LogP contribution < -0.4 is 5.32 Å². The summed E-state index contributed by atoms with van der Waals surface area (Å²) in [5.74, 6) is 0.773. The highest BCUT2D eigenvalue weighted by Gasteiger charge is 2.22. The molecule has 5 nitrogen and oxygen atoms in total. The molecule has 1 radical (unpaired) electrons. The van der Waals surface area contributed by atoms with Gasteiger partial charge in [0.1, 0.15) is 17.5 Å². The minimum Gasteiger partial charge on any atom is -0.359 e. The Balaban J connectivity index is 1.95. The lowest BCUT2D eigenvalue weighted by molar-refractivity contribution is 0.351. The first-order valence-electron chi connectivity index (χ1n) is 5.87. The molecule has 2 aromatic heterocycles. The average Bonchev–Trinajstić information content (AvgIpc) is 3.09. The predicted octanol–water partition coefficient (Wildman–Crippen LogP) is 2.05. The molecule has 1 unspecified atom stereocenters. The molecule has 3 heterocycles. The summed E-state index contributed by atoms with van der Waals surface area (Å²) in [6, 6.07) is 7.63. The van der Waals surface area contributed by atoms with Gasteiger partial charge in [0.15, 0.2) is 5.76 Å². The van der Waals surface area contributed by atoms with Crippen LogP contribution in [0.2, 0.25) is 0 Å². The molecule has 3 rings (SSSR count). The van der Waals surface area contributed by atoms with Crippen LogP contribution >= 0.6 is 0 Å². The molecular formula is C13H11N4O. The van der Waals surface area contributed by atoms with Crippen LogP contribution in [0, 0.1) is 11.3 Å². The number of nitrogens with zero attached hydrogens (tertiary/aromatic N) is 4. The molecule has 5 heteroatoms. The van der Waals surface area contributed by atoms with E-state index in [1.54, 1.807) is 12.3 Å². The maximum absolute atomic E-state index is 9.01. The maximum atomic E-state index is 9.01. The van der Waals surface area contributed by atoms with Crippen LogP contribution in [0.3, 0.4) is 0 Å². The third-order valence-corrected chi connectivity index (χ3v) is 3.03. The summed E-state index contributed by atoms with van der Waals surface area (Å²) in [5.41, 5.74) is 1.71. The van der Waals surface area contributed by atoms with Crippen LogP contribution in [-0.2, 0) is 0 Å². The predicted molar refractivity (Wildman–Crippen MR) is 63.4 cm³/mol. The van der Waals surface area contributed by atoms with Crippen LogP contribution in [0.4, 0.5) is 0 Å². The molecule has 1 fully saturated rings. The Hall–Kier alpha value is -2.19. The van der Waals surface area contributed by atoms with Crippen molar-refractivity contribution in [3.63, 3.8) is 0 Å². The summed E-state index contributed by atoms with van der Waals surface area (Å²) in [4.78, 5) is 4.01. The summed E-state index contributed by atoms with van der Waals surface area (Å²) in [6.07, 6.45) is 3.69. The van der Waals surface area contributed by atoms with E-state index in [1.165, 1.54) is 0 Å². The Kier molecular flexibility index (Phi) is 2.79. The fourth-order valence-corrected chi connectivity index (χ4v) is 2.13. The number of nitriles is 1. The van der Waals surface area contributed by atoms with Crippen LogP contribution in [0.25, 0.3) is 11.3 Å². The molecular weight excluding hydrogens is 228 g/mol. The van der Waals surface area contributed by atoms with E-state index in [2.05, 4.69) is 21.5 Å². The van der Waals surface area contributed by atoms with Crippen molar-refractivity contribution in [1.82, 2.24) is 15.5 Å². The topological polar surface area (TPSA) is 76.8 Å². The van der Waals surface area contributed by atoms with E-state index in [0.29, 0.717) is 17.0 Å². The largest absolute Gasteiger partial charge is 0.359 e. The summed E-state index contributed by atoms with van der Waals surface area (Å²) in [6.45, 7) is 0.886. The van der Waals surface area contributed by atoms with Gasteiger partial charge >= 0.3 is 0 Å². The van der Waals surface area contributed by atoms with E-state index in [0.717, 1.165) is 25.1 Å². The van der Waals surface area contributed by atoms with E-state index < -0.39 is 0 Å². The summed E-state index contributed by atoms with van der Waals surface area (Å²) < 4.78 is 5.32. The third kappa shape index (κ3) is 1.87. The van der Waals surface area contributed by atoms with Crippen molar-refractivity contribution in [3.05, 3.63) is 35.9 Å². The highest BCUT2D eigenvalue weighted by Crippen LogP contribution is 2.29. The zero-order valence-electron chi connectivity index (χ0n) is 9.71. The first-order chi connectivity index (χ1) is 8.88. The number of pyridine rings is 1. The van der Waals surface area contributed by atoms with Crippen molar-refractivity contribution in [2.75, 3.05) is 6.54 Å². The second-order valence-corrected chi connectivity index (χ2v) is 4.19. The minimum atomic E-state index is 0.119. The Bertz CT molecular complexity index is 593. The Morgan fingerprint density at radius 2 is 2.39 bits per heavy atom. The van der Waals surface area contributed by atoms with E-state index in [4.69, 9.17) is 9.78 Å². The fourth-order valence-electron chi connectivity index (χ4n) is 2.13. The first-order valence-corrected chi connectivity index (χ1v) is 5.87. The summed E-state index contributed by atoms with van der Waals surface area (Å²) in [7, 11) is 0. The molecule has 0 saturated carbocycles. The molecule has 1 aliphatic rings. The molecule has 1 atom stereocenters. The lowest BCUT2D eigenvalue weighted by Gasteiger charge is -2.00. The first kappa shape index (κ1) is 10.9. The molecule has 0 N–H and O–H groups in total. The van der Waals surface area contributed by atoms with E-state index >= 15 is 0 Å². The minimum absolute atomic E-state index is 0.119. The highest BCUT2D eigenvalue weighted by molar-refractivity contribution is 5.64. The van der Waals surface area contributed by atoms with Gasteiger partial charge in [0, 0.05) is 24.4 Å². The van der Waals surface area contributed by atoms with Crippen LogP contribution in [0.1, 0.15) is 30.3 Å². The number of aromatic nitrogens is 2. The monoisotopic (exact) mass is 239 g/mol. The molecule has 0 spiro atoms. The van der Waals surface area contributed by atoms with Gasteiger partial charge in [-0.2, -0.15) is 5.26 Å². The Morgan fingerprint density at radius 1 is 1.44 bits per heavy atom. The molecule has 18 heavy (non-hydrogen) atoms. The Labute approximate surface area is 104 Å². The molecule has 0 amide bonds.